The molecule has 0 aromatic heterocycles. The normalized spacial score (nSPS) is 27.2. The van der Waals surface area contributed by atoms with Crippen LogP contribution in [0.5, 0.6) is 0 Å². The Kier molecular flexibility index (Phi) is 5.19. The third kappa shape index (κ3) is 4.16. The number of fused-ring (bicyclic) bond motifs is 1. The van der Waals surface area contributed by atoms with Gasteiger partial charge in [-0.25, -0.2) is 0 Å². The van der Waals surface area contributed by atoms with Crippen molar-refractivity contribution in [3.8, 4) is 0 Å². The van der Waals surface area contributed by atoms with Crippen LogP contribution in [0.25, 0.3) is 0 Å². The molecule has 2 fully saturated rings. The molecule has 0 saturated carbocycles. The third-order valence-electron chi connectivity index (χ3n) is 4.21. The van der Waals surface area contributed by atoms with Gasteiger partial charge in [0.15, 0.2) is 0 Å². The Balaban J connectivity index is 1.90. The predicted molar refractivity (Wildman–Crippen MR) is 76.9 cm³/mol. The number of primary amides is 1. The summed E-state index contributed by atoms with van der Waals surface area (Å²) in [4.78, 5) is 16.6. The molecule has 2 heterocycles. The van der Waals surface area contributed by atoms with Crippen LogP contribution in [0.4, 0.5) is 0 Å². The molecule has 2 atom stereocenters. The van der Waals surface area contributed by atoms with Gasteiger partial charge in [-0.1, -0.05) is 13.8 Å². The molecule has 3 N–H and O–H groups in total. The highest BCUT2D eigenvalue weighted by atomic mass is 16.1. The van der Waals surface area contributed by atoms with Crippen LogP contribution in [0.3, 0.4) is 0 Å². The Hall–Kier alpha value is -0.650. The second-order valence-electron chi connectivity index (χ2n) is 6.22. The number of nitrogens with two attached hydrogens (primary N) is 1. The van der Waals surface area contributed by atoms with E-state index in [-0.39, 0.29) is 18.0 Å². The number of rotatable bonds is 5. The van der Waals surface area contributed by atoms with E-state index in [9.17, 15) is 4.79 Å². The van der Waals surface area contributed by atoms with Gasteiger partial charge in [0.25, 0.3) is 0 Å². The maximum atomic E-state index is 11.5. The van der Waals surface area contributed by atoms with Gasteiger partial charge in [-0.15, -0.1) is 0 Å². The van der Waals surface area contributed by atoms with Crippen molar-refractivity contribution >= 4 is 5.91 Å². The lowest BCUT2D eigenvalue weighted by Crippen LogP contribution is -2.52. The molecule has 5 nitrogen and oxygen atoms in total. The first-order valence-electron chi connectivity index (χ1n) is 7.58. The first-order chi connectivity index (χ1) is 9.06. The molecule has 2 saturated heterocycles. The van der Waals surface area contributed by atoms with Gasteiger partial charge in [0.05, 0.1) is 6.04 Å². The number of hydrogen-bond acceptors (Lipinski definition) is 4. The standard InChI is InChI=1S/C14H28N4O/c1-11(2)16-13(14(15)19)10-17-6-4-8-18-7-3-5-12(18)9-17/h11-13,16H,3-10H2,1-2H3,(H2,15,19). The molecule has 1 amide bonds. The molecule has 2 rings (SSSR count). The molecule has 2 unspecified atom stereocenters. The van der Waals surface area contributed by atoms with Crippen LogP contribution in [0, 0.1) is 0 Å². The lowest BCUT2D eigenvalue weighted by molar-refractivity contribution is -0.120. The van der Waals surface area contributed by atoms with Crippen LogP contribution < -0.4 is 11.1 Å². The van der Waals surface area contributed by atoms with Gasteiger partial charge in [-0.3, -0.25) is 14.6 Å². The Morgan fingerprint density at radius 2 is 2.05 bits per heavy atom. The molecule has 0 aliphatic carbocycles. The van der Waals surface area contributed by atoms with Crippen molar-refractivity contribution in [2.75, 3.05) is 32.7 Å². The summed E-state index contributed by atoms with van der Waals surface area (Å²) in [5.74, 6) is -0.235. The Labute approximate surface area is 116 Å². The predicted octanol–water partition coefficient (Wildman–Crippen LogP) is 0.00840. The summed E-state index contributed by atoms with van der Waals surface area (Å²) < 4.78 is 0. The van der Waals surface area contributed by atoms with E-state index >= 15 is 0 Å². The van der Waals surface area contributed by atoms with Crippen molar-refractivity contribution in [1.29, 1.82) is 0 Å². The van der Waals surface area contributed by atoms with Crippen molar-refractivity contribution in [2.24, 2.45) is 5.73 Å². The van der Waals surface area contributed by atoms with Gasteiger partial charge < -0.3 is 11.1 Å². The molecule has 0 aromatic carbocycles. The number of carbonyl (C=O) groups excluding carboxylic acids is 1. The van der Waals surface area contributed by atoms with E-state index in [2.05, 4.69) is 29.0 Å². The minimum atomic E-state index is -0.235. The Morgan fingerprint density at radius 1 is 1.32 bits per heavy atom. The topological polar surface area (TPSA) is 61.6 Å². The highest BCUT2D eigenvalue weighted by Gasteiger charge is 2.30. The number of hydrogen-bond donors (Lipinski definition) is 2. The van der Waals surface area contributed by atoms with Crippen molar-refractivity contribution in [2.45, 2.75) is 51.2 Å². The van der Waals surface area contributed by atoms with Gasteiger partial charge in [0, 0.05) is 25.2 Å². The van der Waals surface area contributed by atoms with Gasteiger partial charge in [-0.05, 0) is 38.9 Å². The van der Waals surface area contributed by atoms with Gasteiger partial charge in [0.1, 0.15) is 0 Å². The molecular formula is C14H28N4O. The summed E-state index contributed by atoms with van der Waals surface area (Å²) in [5, 5.41) is 3.28. The number of amides is 1. The van der Waals surface area contributed by atoms with Crippen LogP contribution in [0.15, 0.2) is 0 Å². The average Bonchev–Trinajstić information content (AvgIpc) is 2.67. The van der Waals surface area contributed by atoms with Crippen LogP contribution >= 0.6 is 0 Å². The Bertz CT molecular complexity index is 308. The molecule has 0 spiro atoms. The summed E-state index contributed by atoms with van der Waals surface area (Å²) in [5.41, 5.74) is 5.51. The zero-order valence-corrected chi connectivity index (χ0v) is 12.3. The fraction of sp³-hybridized carbons (Fsp3) is 0.929. The molecule has 110 valence electrons. The number of carbonyl (C=O) groups is 1. The fourth-order valence-electron chi connectivity index (χ4n) is 3.33. The van der Waals surface area contributed by atoms with E-state index < -0.39 is 0 Å². The van der Waals surface area contributed by atoms with Gasteiger partial charge >= 0.3 is 0 Å². The second-order valence-corrected chi connectivity index (χ2v) is 6.22. The maximum Gasteiger partial charge on any atom is 0.235 e. The van der Waals surface area contributed by atoms with Crippen molar-refractivity contribution in [3.05, 3.63) is 0 Å². The van der Waals surface area contributed by atoms with Gasteiger partial charge in [0.2, 0.25) is 5.91 Å². The second kappa shape index (κ2) is 6.68. The average molecular weight is 268 g/mol. The summed E-state index contributed by atoms with van der Waals surface area (Å²) in [6, 6.07) is 0.746. The fourth-order valence-corrected chi connectivity index (χ4v) is 3.33. The zero-order chi connectivity index (χ0) is 13.8. The smallest absolute Gasteiger partial charge is 0.235 e. The zero-order valence-electron chi connectivity index (χ0n) is 12.3. The van der Waals surface area contributed by atoms with E-state index in [0.717, 1.165) is 19.6 Å². The van der Waals surface area contributed by atoms with E-state index in [1.807, 2.05) is 0 Å². The molecule has 0 radical (unpaired) electrons. The highest BCUT2D eigenvalue weighted by molar-refractivity contribution is 5.80. The number of nitrogens with one attached hydrogen (secondary N) is 1. The molecule has 2 aliphatic heterocycles. The largest absolute Gasteiger partial charge is 0.368 e. The Morgan fingerprint density at radius 3 is 2.74 bits per heavy atom. The van der Waals surface area contributed by atoms with Crippen LogP contribution in [-0.2, 0) is 4.79 Å². The minimum absolute atomic E-state index is 0.229. The molecule has 2 aliphatic rings. The quantitative estimate of drug-likeness (QED) is 0.737. The van der Waals surface area contributed by atoms with Gasteiger partial charge in [-0.2, -0.15) is 0 Å². The molecule has 5 heteroatoms. The van der Waals surface area contributed by atoms with E-state index in [0.29, 0.717) is 6.04 Å². The van der Waals surface area contributed by atoms with Crippen molar-refractivity contribution < 1.29 is 4.79 Å². The highest BCUT2D eigenvalue weighted by Crippen LogP contribution is 2.21. The summed E-state index contributed by atoms with van der Waals surface area (Å²) in [6.07, 6.45) is 3.82. The first kappa shape index (κ1) is 14.8. The SMILES string of the molecule is CC(C)NC(CN1CCCN2CCCC2C1)C(N)=O. The summed E-state index contributed by atoms with van der Waals surface area (Å²) in [7, 11) is 0. The lowest BCUT2D eigenvalue weighted by Gasteiger charge is -2.29. The van der Waals surface area contributed by atoms with E-state index in [1.54, 1.807) is 0 Å². The molecule has 19 heavy (non-hydrogen) atoms. The first-order valence-corrected chi connectivity index (χ1v) is 7.58. The van der Waals surface area contributed by atoms with Crippen LogP contribution in [-0.4, -0.2) is 66.6 Å². The van der Waals surface area contributed by atoms with Crippen LogP contribution in [0.2, 0.25) is 0 Å². The third-order valence-corrected chi connectivity index (χ3v) is 4.21. The monoisotopic (exact) mass is 268 g/mol. The van der Waals surface area contributed by atoms with E-state index in [1.165, 1.54) is 32.4 Å². The number of nitrogens with zero attached hydrogens (tertiary/aromatic N) is 2. The summed E-state index contributed by atoms with van der Waals surface area (Å²) >= 11 is 0. The van der Waals surface area contributed by atoms with Crippen LogP contribution in [0.1, 0.15) is 33.1 Å². The minimum Gasteiger partial charge on any atom is -0.368 e. The molecular weight excluding hydrogens is 240 g/mol. The lowest BCUT2D eigenvalue weighted by atomic mass is 10.1. The maximum absolute atomic E-state index is 11.5. The van der Waals surface area contributed by atoms with Crippen molar-refractivity contribution in [1.82, 2.24) is 15.1 Å². The summed E-state index contributed by atoms with van der Waals surface area (Å²) in [6.45, 7) is 9.48. The molecule has 0 bridgehead atoms. The molecule has 0 aromatic rings. The van der Waals surface area contributed by atoms with Crippen molar-refractivity contribution in [3.63, 3.8) is 0 Å². The van der Waals surface area contributed by atoms with E-state index in [4.69, 9.17) is 5.73 Å².